The van der Waals surface area contributed by atoms with E-state index in [2.05, 4.69) is 10.4 Å². The predicted molar refractivity (Wildman–Crippen MR) is 80.4 cm³/mol. The van der Waals surface area contributed by atoms with Gasteiger partial charge in [-0.3, -0.25) is 9.48 Å². The van der Waals surface area contributed by atoms with E-state index in [1.165, 1.54) is 0 Å². The highest BCUT2D eigenvalue weighted by Gasteiger charge is 2.41. The van der Waals surface area contributed by atoms with Gasteiger partial charge in [0.1, 0.15) is 10.8 Å². The zero-order valence-corrected chi connectivity index (χ0v) is 12.9. The van der Waals surface area contributed by atoms with Gasteiger partial charge >= 0.3 is 0 Å². The first-order valence-electron chi connectivity index (χ1n) is 6.61. The molecule has 4 atom stereocenters. The lowest BCUT2D eigenvalue weighted by Crippen LogP contribution is -2.33. The summed E-state index contributed by atoms with van der Waals surface area (Å²) in [7, 11) is 1.73. The number of hydrogen-bond donors (Lipinski definition) is 2. The first-order chi connectivity index (χ1) is 9.32. The highest BCUT2D eigenvalue weighted by atomic mass is 32.1. The number of anilines is 1. The van der Waals surface area contributed by atoms with Crippen molar-refractivity contribution in [3.63, 3.8) is 0 Å². The van der Waals surface area contributed by atoms with Gasteiger partial charge < -0.3 is 15.8 Å². The van der Waals surface area contributed by atoms with Gasteiger partial charge in [-0.2, -0.15) is 5.10 Å². The summed E-state index contributed by atoms with van der Waals surface area (Å²) in [5.41, 5.74) is 6.21. The summed E-state index contributed by atoms with van der Waals surface area (Å²) in [5, 5.41) is 6.95. The summed E-state index contributed by atoms with van der Waals surface area (Å²) < 4.78 is 7.26. The number of carbonyl (C=O) groups excluding carboxylic acids is 1. The number of nitrogens with zero attached hydrogens (tertiary/aromatic N) is 2. The summed E-state index contributed by atoms with van der Waals surface area (Å²) in [6.45, 7) is 5.93. The Balaban J connectivity index is 2.20. The Bertz CT molecular complexity index is 542. The number of ether oxygens (including phenoxy) is 1. The zero-order valence-electron chi connectivity index (χ0n) is 12.1. The second-order valence-corrected chi connectivity index (χ2v) is 5.76. The number of rotatable bonds is 3. The van der Waals surface area contributed by atoms with Gasteiger partial charge in [-0.25, -0.2) is 0 Å². The van der Waals surface area contributed by atoms with Crippen molar-refractivity contribution in [2.24, 2.45) is 24.6 Å². The summed E-state index contributed by atoms with van der Waals surface area (Å²) in [4.78, 5) is 12.7. The van der Waals surface area contributed by atoms with E-state index < -0.39 is 0 Å². The van der Waals surface area contributed by atoms with E-state index in [0.29, 0.717) is 11.4 Å². The molecule has 2 heterocycles. The van der Waals surface area contributed by atoms with Gasteiger partial charge in [0.25, 0.3) is 0 Å². The monoisotopic (exact) mass is 296 g/mol. The standard InChI is InChI=1S/C13H20N4O2S/c1-6-7(2)19-8(3)10(6)13(18)16-12-9(11(14)20)5-15-17(12)4/h5-8,10H,1-4H3,(H2,14,20)(H,16,18). The molecule has 7 heteroatoms. The van der Waals surface area contributed by atoms with Crippen LogP contribution < -0.4 is 11.1 Å². The van der Waals surface area contributed by atoms with E-state index in [-0.39, 0.29) is 34.9 Å². The van der Waals surface area contributed by atoms with Crippen LogP contribution in [-0.4, -0.2) is 32.9 Å². The molecule has 1 fully saturated rings. The highest BCUT2D eigenvalue weighted by molar-refractivity contribution is 7.80. The topological polar surface area (TPSA) is 82.2 Å². The average molecular weight is 296 g/mol. The first kappa shape index (κ1) is 14.9. The van der Waals surface area contributed by atoms with Crippen LogP contribution in [0.3, 0.4) is 0 Å². The molecule has 0 bridgehead atoms. The molecule has 2 rings (SSSR count). The van der Waals surface area contributed by atoms with Crippen LogP contribution in [-0.2, 0) is 16.6 Å². The SMILES string of the molecule is CC1OC(C)C(C(=O)Nc2c(C(N)=S)cnn2C)C1C. The molecule has 1 saturated heterocycles. The predicted octanol–water partition coefficient (Wildman–Crippen LogP) is 1.05. The molecule has 4 unspecified atom stereocenters. The van der Waals surface area contributed by atoms with Crippen molar-refractivity contribution < 1.29 is 9.53 Å². The number of aromatic nitrogens is 2. The van der Waals surface area contributed by atoms with Crippen LogP contribution in [0.2, 0.25) is 0 Å². The van der Waals surface area contributed by atoms with Crippen LogP contribution >= 0.6 is 12.2 Å². The molecule has 0 aromatic carbocycles. The third-order valence-corrected chi connectivity index (χ3v) is 4.21. The molecule has 0 saturated carbocycles. The van der Waals surface area contributed by atoms with E-state index in [1.807, 2.05) is 20.8 Å². The van der Waals surface area contributed by atoms with Gasteiger partial charge in [-0.05, 0) is 19.8 Å². The lowest BCUT2D eigenvalue weighted by atomic mass is 9.89. The number of nitrogens with two attached hydrogens (primary N) is 1. The van der Waals surface area contributed by atoms with E-state index >= 15 is 0 Å². The van der Waals surface area contributed by atoms with Gasteiger partial charge in [0, 0.05) is 7.05 Å². The maximum atomic E-state index is 12.5. The largest absolute Gasteiger partial charge is 0.389 e. The van der Waals surface area contributed by atoms with Gasteiger partial charge in [0.15, 0.2) is 0 Å². The highest BCUT2D eigenvalue weighted by Crippen LogP contribution is 2.33. The van der Waals surface area contributed by atoms with E-state index in [4.69, 9.17) is 22.7 Å². The molecule has 1 amide bonds. The maximum absolute atomic E-state index is 12.5. The fraction of sp³-hybridized carbons (Fsp3) is 0.615. The number of aryl methyl sites for hydroxylation is 1. The van der Waals surface area contributed by atoms with Crippen molar-refractivity contribution in [1.82, 2.24) is 9.78 Å². The lowest BCUT2D eigenvalue weighted by Gasteiger charge is -2.18. The molecular formula is C13H20N4O2S. The van der Waals surface area contributed by atoms with Gasteiger partial charge in [-0.1, -0.05) is 19.1 Å². The normalized spacial score (nSPS) is 29.4. The summed E-state index contributed by atoms with van der Waals surface area (Å²) in [6.07, 6.45) is 1.52. The van der Waals surface area contributed by atoms with Gasteiger partial charge in [-0.15, -0.1) is 0 Å². The van der Waals surface area contributed by atoms with Gasteiger partial charge in [0.05, 0.1) is 29.9 Å². The fourth-order valence-electron chi connectivity index (χ4n) is 2.68. The number of carbonyl (C=O) groups is 1. The Kier molecular flexibility index (Phi) is 4.10. The third kappa shape index (κ3) is 2.55. The molecule has 1 aromatic rings. The molecule has 1 aromatic heterocycles. The first-order valence-corrected chi connectivity index (χ1v) is 7.01. The number of hydrogen-bond acceptors (Lipinski definition) is 4. The molecule has 1 aliphatic rings. The molecule has 0 spiro atoms. The maximum Gasteiger partial charge on any atom is 0.231 e. The minimum atomic E-state index is -0.195. The Morgan fingerprint density at radius 1 is 1.45 bits per heavy atom. The second-order valence-electron chi connectivity index (χ2n) is 5.32. The van der Waals surface area contributed by atoms with Crippen LogP contribution in [0.15, 0.2) is 6.20 Å². The summed E-state index contributed by atoms with van der Waals surface area (Å²) in [5.74, 6) is 0.405. The lowest BCUT2D eigenvalue weighted by molar-refractivity contribution is -0.122. The van der Waals surface area contributed by atoms with E-state index in [0.717, 1.165) is 0 Å². The van der Waals surface area contributed by atoms with Crippen LogP contribution in [0.1, 0.15) is 26.3 Å². The van der Waals surface area contributed by atoms with Crippen molar-refractivity contribution >= 4 is 28.9 Å². The molecule has 110 valence electrons. The molecule has 1 aliphatic heterocycles. The molecule has 0 radical (unpaired) electrons. The van der Waals surface area contributed by atoms with Crippen molar-refractivity contribution in [3.8, 4) is 0 Å². The quantitative estimate of drug-likeness (QED) is 0.815. The minimum Gasteiger partial charge on any atom is -0.389 e. The molecule has 6 nitrogen and oxygen atoms in total. The fourth-order valence-corrected chi connectivity index (χ4v) is 2.83. The number of thiocarbonyl (C=S) groups is 1. The molecule has 3 N–H and O–H groups in total. The van der Waals surface area contributed by atoms with Crippen LogP contribution in [0, 0.1) is 11.8 Å². The second kappa shape index (κ2) is 5.49. The summed E-state index contributed by atoms with van der Waals surface area (Å²) in [6, 6.07) is 0. The smallest absolute Gasteiger partial charge is 0.231 e. The van der Waals surface area contributed by atoms with Crippen LogP contribution in [0.5, 0.6) is 0 Å². The Morgan fingerprint density at radius 2 is 2.10 bits per heavy atom. The van der Waals surface area contributed by atoms with Crippen molar-refractivity contribution in [3.05, 3.63) is 11.8 Å². The molecule has 20 heavy (non-hydrogen) atoms. The minimum absolute atomic E-state index is 0.0716. The van der Waals surface area contributed by atoms with Crippen LogP contribution in [0.25, 0.3) is 0 Å². The molecular weight excluding hydrogens is 276 g/mol. The number of nitrogens with one attached hydrogen (secondary N) is 1. The summed E-state index contributed by atoms with van der Waals surface area (Å²) >= 11 is 4.96. The Labute approximate surface area is 123 Å². The Hall–Kier alpha value is -1.47. The number of amides is 1. The van der Waals surface area contributed by atoms with Crippen molar-refractivity contribution in [2.45, 2.75) is 33.0 Å². The average Bonchev–Trinajstić information content (AvgIpc) is 2.82. The van der Waals surface area contributed by atoms with Crippen molar-refractivity contribution in [1.29, 1.82) is 0 Å². The van der Waals surface area contributed by atoms with E-state index in [1.54, 1.807) is 17.9 Å². The third-order valence-electron chi connectivity index (χ3n) is 3.99. The zero-order chi connectivity index (χ0) is 15.0. The van der Waals surface area contributed by atoms with E-state index in [9.17, 15) is 4.79 Å². The Morgan fingerprint density at radius 3 is 2.60 bits per heavy atom. The van der Waals surface area contributed by atoms with Crippen LogP contribution in [0.4, 0.5) is 5.82 Å². The molecule has 0 aliphatic carbocycles. The van der Waals surface area contributed by atoms with Gasteiger partial charge in [0.2, 0.25) is 5.91 Å². The van der Waals surface area contributed by atoms with Crippen molar-refractivity contribution in [2.75, 3.05) is 5.32 Å².